The van der Waals surface area contributed by atoms with Gasteiger partial charge in [-0.2, -0.15) is 0 Å². The molecule has 0 fully saturated rings. The fourth-order valence-corrected chi connectivity index (χ4v) is 2.74. The summed E-state index contributed by atoms with van der Waals surface area (Å²) in [5.41, 5.74) is 1.79. The van der Waals surface area contributed by atoms with Crippen LogP contribution in [0.2, 0.25) is 0 Å². The molecule has 0 spiro atoms. The molecule has 1 atom stereocenters. The normalized spacial score (nSPS) is 18.4. The van der Waals surface area contributed by atoms with E-state index in [2.05, 4.69) is 28.2 Å². The van der Waals surface area contributed by atoms with Crippen LogP contribution in [0.3, 0.4) is 0 Å². The van der Waals surface area contributed by atoms with Crippen molar-refractivity contribution < 1.29 is 0 Å². The Balaban J connectivity index is 2.21. The van der Waals surface area contributed by atoms with Crippen molar-refractivity contribution in [3.63, 3.8) is 0 Å². The van der Waals surface area contributed by atoms with Crippen LogP contribution >= 0.6 is 11.6 Å². The average Bonchev–Trinajstić information content (AvgIpc) is 2.75. The van der Waals surface area contributed by atoms with E-state index < -0.39 is 0 Å². The lowest BCUT2D eigenvalue weighted by molar-refractivity contribution is 1.00. The van der Waals surface area contributed by atoms with Gasteiger partial charge in [-0.05, 0) is 35.1 Å². The molecular weight excluding hydrogens is 244 g/mol. The Bertz CT molecular complexity index is 897. The van der Waals surface area contributed by atoms with Crippen LogP contribution in [-0.4, -0.2) is 6.21 Å². The molecule has 86 valence electrons. The highest BCUT2D eigenvalue weighted by molar-refractivity contribution is 6.21. The van der Waals surface area contributed by atoms with Crippen LogP contribution in [-0.2, 0) is 0 Å². The molecule has 18 heavy (non-hydrogen) atoms. The monoisotopic (exact) mass is 252 g/mol. The van der Waals surface area contributed by atoms with Gasteiger partial charge in [0.2, 0.25) is 0 Å². The Morgan fingerprint density at radius 2 is 1.94 bits per heavy atom. The summed E-state index contributed by atoms with van der Waals surface area (Å²) in [5, 5.41) is 4.47. The Morgan fingerprint density at radius 3 is 2.89 bits per heavy atom. The fourth-order valence-electron chi connectivity index (χ4n) is 2.49. The number of hydrogen-bond donors (Lipinski definition) is 0. The number of aliphatic imine (C=N–C) groups is 1. The van der Waals surface area contributed by atoms with Gasteiger partial charge in [0.05, 0.1) is 11.0 Å². The van der Waals surface area contributed by atoms with Crippen LogP contribution in [0.5, 0.6) is 0 Å². The summed E-state index contributed by atoms with van der Waals surface area (Å²) in [7, 11) is 0. The van der Waals surface area contributed by atoms with E-state index in [1.807, 2.05) is 24.3 Å². The first-order chi connectivity index (χ1) is 8.83. The van der Waals surface area contributed by atoms with Crippen LogP contribution in [0.15, 0.2) is 46.4 Å². The molecular formula is C15H9ClN2. The van der Waals surface area contributed by atoms with Crippen molar-refractivity contribution in [3.8, 4) is 0 Å². The van der Waals surface area contributed by atoms with Gasteiger partial charge in [-0.25, -0.2) is 4.99 Å². The maximum Gasteiger partial charge on any atom is 0.149 e. The molecule has 0 aliphatic carbocycles. The van der Waals surface area contributed by atoms with E-state index in [1.165, 1.54) is 5.22 Å². The van der Waals surface area contributed by atoms with Gasteiger partial charge in [0.15, 0.2) is 0 Å². The van der Waals surface area contributed by atoms with E-state index in [0.717, 1.165) is 27.0 Å². The first-order valence-corrected chi connectivity index (χ1v) is 6.26. The summed E-state index contributed by atoms with van der Waals surface area (Å²) in [4.78, 5) is 8.85. The molecule has 0 radical (unpaired) electrons. The van der Waals surface area contributed by atoms with Gasteiger partial charge in [-0.3, -0.25) is 4.99 Å². The lowest BCUT2D eigenvalue weighted by Crippen LogP contribution is -2.13. The third-order valence-electron chi connectivity index (χ3n) is 3.36. The van der Waals surface area contributed by atoms with Crippen LogP contribution in [0, 0.1) is 10.4 Å². The van der Waals surface area contributed by atoms with E-state index in [-0.39, 0.29) is 5.50 Å². The molecule has 3 heteroatoms. The van der Waals surface area contributed by atoms with Crippen molar-refractivity contribution >= 4 is 29.6 Å². The molecule has 2 aromatic rings. The minimum atomic E-state index is -0.289. The van der Waals surface area contributed by atoms with E-state index in [9.17, 15) is 0 Å². The average molecular weight is 253 g/mol. The zero-order valence-electron chi connectivity index (χ0n) is 9.47. The van der Waals surface area contributed by atoms with Gasteiger partial charge in [-0.1, -0.05) is 29.8 Å². The number of para-hydroxylation sites is 1. The summed E-state index contributed by atoms with van der Waals surface area (Å²) >= 11 is 6.23. The SMILES string of the molecule is ClC1N=CC=c2cc3c(cc21)=c1ccccc1=N3. The van der Waals surface area contributed by atoms with E-state index >= 15 is 0 Å². The molecule has 0 saturated carbocycles. The Hall–Kier alpha value is -1.93. The zero-order chi connectivity index (χ0) is 12.1. The topological polar surface area (TPSA) is 24.7 Å². The standard InChI is InChI=1S/C15H9ClN2/c16-15-11-8-12-10-3-1-2-4-13(10)18-14(12)7-9(11)5-6-17-15/h1-8,15H. The maximum atomic E-state index is 6.23. The maximum absolute atomic E-state index is 6.23. The molecule has 0 amide bonds. The molecule has 2 aliphatic rings. The van der Waals surface area contributed by atoms with E-state index in [4.69, 9.17) is 11.6 Å². The van der Waals surface area contributed by atoms with Crippen molar-refractivity contribution in [2.45, 2.75) is 5.50 Å². The first-order valence-electron chi connectivity index (χ1n) is 5.82. The lowest BCUT2D eigenvalue weighted by Gasteiger charge is -2.09. The van der Waals surface area contributed by atoms with Crippen molar-refractivity contribution in [1.82, 2.24) is 0 Å². The molecule has 0 N–H and O–H groups in total. The number of alkyl halides is 1. The van der Waals surface area contributed by atoms with Crippen molar-refractivity contribution in [1.29, 1.82) is 0 Å². The third kappa shape index (κ3) is 1.30. The first kappa shape index (κ1) is 10.0. The molecule has 2 aromatic carbocycles. The van der Waals surface area contributed by atoms with Gasteiger partial charge >= 0.3 is 0 Å². The largest absolute Gasteiger partial charge is 0.269 e. The van der Waals surface area contributed by atoms with Crippen LogP contribution in [0.4, 0.5) is 5.69 Å². The molecule has 0 bridgehead atoms. The molecule has 2 aliphatic heterocycles. The highest BCUT2D eigenvalue weighted by atomic mass is 35.5. The zero-order valence-corrected chi connectivity index (χ0v) is 10.2. The summed E-state index contributed by atoms with van der Waals surface area (Å²) in [6.45, 7) is 0. The Kier molecular flexibility index (Phi) is 1.97. The molecule has 0 saturated heterocycles. The number of nitrogens with zero attached hydrogens (tertiary/aromatic N) is 2. The van der Waals surface area contributed by atoms with E-state index in [0.29, 0.717) is 0 Å². The molecule has 2 heterocycles. The highest BCUT2D eigenvalue weighted by Gasteiger charge is 2.13. The van der Waals surface area contributed by atoms with Gasteiger partial charge in [0, 0.05) is 16.7 Å². The summed E-state index contributed by atoms with van der Waals surface area (Å²) in [5.74, 6) is 0. The van der Waals surface area contributed by atoms with Gasteiger partial charge in [-0.15, -0.1) is 0 Å². The number of rotatable bonds is 0. The quantitative estimate of drug-likeness (QED) is 0.433. The van der Waals surface area contributed by atoms with Gasteiger partial charge in [0.25, 0.3) is 0 Å². The summed E-state index contributed by atoms with van der Waals surface area (Å²) in [6, 6.07) is 12.4. The summed E-state index contributed by atoms with van der Waals surface area (Å²) < 4.78 is 0. The third-order valence-corrected chi connectivity index (χ3v) is 3.71. The fraction of sp³-hybridized carbons (Fsp3) is 0.0667. The second kappa shape index (κ2) is 3.53. The molecule has 4 rings (SSSR count). The van der Waals surface area contributed by atoms with E-state index in [1.54, 1.807) is 6.21 Å². The Morgan fingerprint density at radius 1 is 1.06 bits per heavy atom. The second-order valence-electron chi connectivity index (χ2n) is 4.43. The van der Waals surface area contributed by atoms with Crippen molar-refractivity contribution in [2.75, 3.05) is 0 Å². The highest BCUT2D eigenvalue weighted by Crippen LogP contribution is 2.24. The number of benzene rings is 2. The van der Waals surface area contributed by atoms with Crippen molar-refractivity contribution in [2.24, 2.45) is 9.98 Å². The lowest BCUT2D eigenvalue weighted by atomic mass is 10.1. The van der Waals surface area contributed by atoms with Crippen molar-refractivity contribution in [3.05, 3.63) is 63.0 Å². The molecule has 0 aromatic heterocycles. The minimum absolute atomic E-state index is 0.289. The second-order valence-corrected chi connectivity index (χ2v) is 4.84. The number of fused-ring (bicyclic) bond motifs is 3. The van der Waals surface area contributed by atoms with Crippen LogP contribution in [0.25, 0.3) is 6.08 Å². The predicted molar refractivity (Wildman–Crippen MR) is 72.5 cm³/mol. The summed E-state index contributed by atoms with van der Waals surface area (Å²) in [6.07, 6.45) is 3.74. The van der Waals surface area contributed by atoms with Gasteiger partial charge in [0.1, 0.15) is 5.50 Å². The van der Waals surface area contributed by atoms with Gasteiger partial charge < -0.3 is 0 Å². The molecule has 1 unspecified atom stereocenters. The molecule has 2 nitrogen and oxygen atoms in total. The number of hydrogen-bond acceptors (Lipinski definition) is 2. The van der Waals surface area contributed by atoms with Crippen LogP contribution < -0.4 is 10.6 Å². The number of halogens is 1. The predicted octanol–water partition coefficient (Wildman–Crippen LogP) is 2.34. The minimum Gasteiger partial charge on any atom is -0.269 e. The smallest absolute Gasteiger partial charge is 0.149 e. The Labute approximate surface area is 108 Å². The van der Waals surface area contributed by atoms with Crippen LogP contribution in [0.1, 0.15) is 11.1 Å².